The fourth-order valence-corrected chi connectivity index (χ4v) is 3.21. The summed E-state index contributed by atoms with van der Waals surface area (Å²) in [4.78, 5) is 2.50. The van der Waals surface area contributed by atoms with Gasteiger partial charge in [0.2, 0.25) is 0 Å². The Balaban J connectivity index is 0.00000116. The van der Waals surface area contributed by atoms with Gasteiger partial charge in [-0.3, -0.25) is 0 Å². The van der Waals surface area contributed by atoms with E-state index in [0.717, 1.165) is 24.9 Å². The molecule has 0 spiro atoms. The van der Waals surface area contributed by atoms with Crippen molar-refractivity contribution in [2.75, 3.05) is 26.2 Å². The molecule has 2 rings (SSSR count). The smallest absolute Gasteiger partial charge is 0.0105 e. The number of nitrogens with two attached hydrogens (primary N) is 1. The number of nitrogens with zero attached hydrogens (tertiary/aromatic N) is 1. The molecule has 0 bridgehead atoms. The second kappa shape index (κ2) is 10.8. The highest BCUT2D eigenvalue weighted by Crippen LogP contribution is 2.22. The molecule has 2 nitrogen and oxygen atoms in total. The molecule has 1 aromatic rings. The average molecular weight is 305 g/mol. The molecule has 1 heterocycles. The minimum Gasteiger partial charge on any atom is -0.329 e. The number of hydrogen-bond acceptors (Lipinski definition) is 2. The van der Waals surface area contributed by atoms with Crippen LogP contribution in [-0.4, -0.2) is 31.1 Å². The molecule has 0 aromatic heterocycles. The second-order valence-corrected chi connectivity index (χ2v) is 6.69. The maximum absolute atomic E-state index is 5.62. The summed E-state index contributed by atoms with van der Waals surface area (Å²) in [5.41, 5.74) is 8.61. The highest BCUT2D eigenvalue weighted by atomic mass is 15.1. The van der Waals surface area contributed by atoms with Gasteiger partial charge in [-0.15, -0.1) is 0 Å². The summed E-state index contributed by atoms with van der Waals surface area (Å²) in [6.45, 7) is 12.9. The van der Waals surface area contributed by atoms with Gasteiger partial charge in [-0.1, -0.05) is 52.0 Å². The van der Waals surface area contributed by atoms with Gasteiger partial charge in [-0.05, 0) is 61.7 Å². The lowest BCUT2D eigenvalue weighted by Gasteiger charge is -2.31. The van der Waals surface area contributed by atoms with Crippen LogP contribution < -0.4 is 5.73 Å². The first-order chi connectivity index (χ1) is 10.7. The van der Waals surface area contributed by atoms with Crippen molar-refractivity contribution in [3.63, 3.8) is 0 Å². The lowest BCUT2D eigenvalue weighted by molar-refractivity contribution is 0.188. The van der Waals surface area contributed by atoms with Crippen molar-refractivity contribution in [1.82, 2.24) is 4.90 Å². The van der Waals surface area contributed by atoms with E-state index in [9.17, 15) is 0 Å². The molecule has 0 atom stereocenters. The highest BCUT2D eigenvalue weighted by Gasteiger charge is 2.18. The van der Waals surface area contributed by atoms with Crippen molar-refractivity contribution in [2.45, 2.75) is 53.4 Å². The van der Waals surface area contributed by atoms with Gasteiger partial charge in [-0.25, -0.2) is 0 Å². The molecule has 0 radical (unpaired) electrons. The largest absolute Gasteiger partial charge is 0.329 e. The van der Waals surface area contributed by atoms with Crippen LogP contribution in [0.5, 0.6) is 0 Å². The zero-order valence-electron chi connectivity index (χ0n) is 15.1. The Kier molecular flexibility index (Phi) is 9.42. The molecule has 1 aliphatic heterocycles. The predicted molar refractivity (Wildman–Crippen MR) is 98.3 cm³/mol. The number of benzene rings is 1. The van der Waals surface area contributed by atoms with Gasteiger partial charge >= 0.3 is 0 Å². The van der Waals surface area contributed by atoms with E-state index >= 15 is 0 Å². The Labute approximate surface area is 138 Å². The number of likely N-dealkylation sites (tertiary alicyclic amines) is 1. The lowest BCUT2D eigenvalue weighted by Crippen LogP contribution is -2.37. The molecule has 0 saturated carbocycles. The molecular formula is C20H36N2. The third-order valence-electron chi connectivity index (χ3n) is 4.34. The molecular weight excluding hydrogens is 268 g/mol. The first-order valence-corrected chi connectivity index (χ1v) is 9.17. The third kappa shape index (κ3) is 6.93. The van der Waals surface area contributed by atoms with Crippen LogP contribution >= 0.6 is 0 Å². The van der Waals surface area contributed by atoms with E-state index in [1.807, 2.05) is 13.8 Å². The molecule has 2 heteroatoms. The van der Waals surface area contributed by atoms with E-state index in [4.69, 9.17) is 5.73 Å². The van der Waals surface area contributed by atoms with Crippen LogP contribution in [0.4, 0.5) is 0 Å². The topological polar surface area (TPSA) is 29.3 Å². The summed E-state index contributed by atoms with van der Waals surface area (Å²) in [6, 6.07) is 9.31. The van der Waals surface area contributed by atoms with Crippen molar-refractivity contribution in [3.8, 4) is 0 Å². The monoisotopic (exact) mass is 304 g/mol. The maximum Gasteiger partial charge on any atom is 0.0105 e. The van der Waals surface area contributed by atoms with Crippen molar-refractivity contribution in [3.05, 3.63) is 35.4 Å². The van der Waals surface area contributed by atoms with Gasteiger partial charge in [0.1, 0.15) is 0 Å². The van der Waals surface area contributed by atoms with Crippen LogP contribution in [0.25, 0.3) is 0 Å². The minimum atomic E-state index is 0.743. The molecule has 0 amide bonds. The minimum absolute atomic E-state index is 0.743. The highest BCUT2D eigenvalue weighted by molar-refractivity contribution is 5.23. The van der Waals surface area contributed by atoms with Gasteiger partial charge in [0.05, 0.1) is 0 Å². The summed E-state index contributed by atoms with van der Waals surface area (Å²) in [6.07, 6.45) is 5.09. The Morgan fingerprint density at radius 1 is 1.05 bits per heavy atom. The van der Waals surface area contributed by atoms with Crippen LogP contribution in [0.3, 0.4) is 0 Å². The van der Waals surface area contributed by atoms with Crippen LogP contribution in [0.1, 0.15) is 51.7 Å². The molecule has 1 aromatic carbocycles. The van der Waals surface area contributed by atoms with Crippen molar-refractivity contribution in [1.29, 1.82) is 0 Å². The predicted octanol–water partition coefficient (Wildman–Crippen LogP) is 4.12. The van der Waals surface area contributed by atoms with Crippen LogP contribution in [0.2, 0.25) is 0 Å². The summed E-state index contributed by atoms with van der Waals surface area (Å²) in [5, 5.41) is 0. The maximum atomic E-state index is 5.62. The van der Waals surface area contributed by atoms with Gasteiger partial charge in [0.15, 0.2) is 0 Å². The van der Waals surface area contributed by atoms with Crippen LogP contribution in [0, 0.1) is 11.8 Å². The van der Waals surface area contributed by atoms with Gasteiger partial charge in [-0.2, -0.15) is 0 Å². The molecule has 0 unspecified atom stereocenters. The van der Waals surface area contributed by atoms with Crippen LogP contribution in [0.15, 0.2) is 24.3 Å². The van der Waals surface area contributed by atoms with E-state index in [0.29, 0.717) is 0 Å². The second-order valence-electron chi connectivity index (χ2n) is 6.69. The van der Waals surface area contributed by atoms with E-state index in [1.54, 1.807) is 0 Å². The lowest BCUT2D eigenvalue weighted by atomic mass is 9.89. The Hall–Kier alpha value is -0.860. The van der Waals surface area contributed by atoms with Crippen molar-refractivity contribution < 1.29 is 0 Å². The Morgan fingerprint density at radius 2 is 1.59 bits per heavy atom. The first kappa shape index (κ1) is 19.2. The summed E-state index contributed by atoms with van der Waals surface area (Å²) < 4.78 is 0. The fraction of sp³-hybridized carbons (Fsp3) is 0.700. The summed E-state index contributed by atoms with van der Waals surface area (Å²) in [5.74, 6) is 1.60. The van der Waals surface area contributed by atoms with E-state index < -0.39 is 0 Å². The molecule has 1 aliphatic rings. The third-order valence-corrected chi connectivity index (χ3v) is 4.34. The zero-order valence-corrected chi connectivity index (χ0v) is 15.1. The quantitative estimate of drug-likeness (QED) is 0.856. The van der Waals surface area contributed by atoms with Crippen molar-refractivity contribution in [2.24, 2.45) is 17.6 Å². The molecule has 126 valence electrons. The van der Waals surface area contributed by atoms with E-state index in [1.165, 1.54) is 49.9 Å². The number of hydrogen-bond donors (Lipinski definition) is 1. The summed E-state index contributed by atoms with van der Waals surface area (Å²) in [7, 11) is 0. The molecule has 2 N–H and O–H groups in total. The molecule has 22 heavy (non-hydrogen) atoms. The number of rotatable bonds is 6. The molecule has 1 fully saturated rings. The molecule has 1 saturated heterocycles. The van der Waals surface area contributed by atoms with E-state index in [2.05, 4.69) is 43.0 Å². The van der Waals surface area contributed by atoms with Crippen molar-refractivity contribution >= 4 is 0 Å². The number of piperidine rings is 1. The standard InChI is InChI=1S/C18H30N2.C2H6/c1-15(2)13-16-3-5-17(6-4-16)14-18-7-10-20(11-8-18)12-9-19;1-2/h3-6,15,18H,7-14,19H2,1-2H3;1-2H3. The zero-order chi connectivity index (χ0) is 16.4. The Morgan fingerprint density at radius 3 is 2.09 bits per heavy atom. The van der Waals surface area contributed by atoms with Gasteiger partial charge in [0, 0.05) is 13.1 Å². The normalized spacial score (nSPS) is 16.5. The van der Waals surface area contributed by atoms with E-state index in [-0.39, 0.29) is 0 Å². The van der Waals surface area contributed by atoms with Crippen LogP contribution in [-0.2, 0) is 12.8 Å². The first-order valence-electron chi connectivity index (χ1n) is 9.17. The van der Waals surface area contributed by atoms with Gasteiger partial charge < -0.3 is 10.6 Å². The fourth-order valence-electron chi connectivity index (χ4n) is 3.21. The van der Waals surface area contributed by atoms with Gasteiger partial charge in [0.25, 0.3) is 0 Å². The Bertz CT molecular complexity index is 375. The summed E-state index contributed by atoms with van der Waals surface area (Å²) >= 11 is 0. The average Bonchev–Trinajstić information content (AvgIpc) is 2.53. The SMILES string of the molecule is CC.CC(C)Cc1ccc(CC2CCN(CCN)CC2)cc1. The molecule has 0 aliphatic carbocycles.